The number of phenolic OH excluding ortho intramolecular Hbond substituents is 1. The molecule has 1 amide bonds. The summed E-state index contributed by atoms with van der Waals surface area (Å²) in [4.78, 5) is 43.1. The summed E-state index contributed by atoms with van der Waals surface area (Å²) in [6.07, 6.45) is 4.57. The van der Waals surface area contributed by atoms with Crippen LogP contribution in [-0.2, 0) is 16.0 Å². The molecule has 1 saturated heterocycles. The number of carbonyl (C=O) groups is 3. The number of fused-ring (bicyclic) bond motifs is 3. The third-order valence-electron chi connectivity index (χ3n) is 8.83. The average Bonchev–Trinajstić information content (AvgIpc) is 2.90. The summed E-state index contributed by atoms with van der Waals surface area (Å²) >= 11 is 0. The summed E-state index contributed by atoms with van der Waals surface area (Å²) in [6.45, 7) is 3.00. The monoisotopic (exact) mass is 549 g/mol. The van der Waals surface area contributed by atoms with Gasteiger partial charge < -0.3 is 31.1 Å². The Balaban J connectivity index is 1.54. The number of likely N-dealkylation sites (tertiary alicyclic amines) is 1. The zero-order valence-electron chi connectivity index (χ0n) is 22.7. The Labute approximate surface area is 232 Å². The number of amides is 1. The zero-order chi connectivity index (χ0) is 28.9. The van der Waals surface area contributed by atoms with Gasteiger partial charge in [-0.15, -0.1) is 0 Å². The van der Waals surface area contributed by atoms with E-state index in [1.54, 1.807) is 20.2 Å². The second-order valence-electron chi connectivity index (χ2n) is 11.4. The molecule has 10 heteroatoms. The van der Waals surface area contributed by atoms with E-state index in [1.165, 1.54) is 30.2 Å². The van der Waals surface area contributed by atoms with Gasteiger partial charge in [-0.1, -0.05) is 18.3 Å². The van der Waals surface area contributed by atoms with Crippen molar-refractivity contribution < 1.29 is 34.8 Å². The Kier molecular flexibility index (Phi) is 7.25. The number of carbonyl (C=O) groups excluding carboxylic acids is 3. The molecule has 10 nitrogen and oxygen atoms in total. The van der Waals surface area contributed by atoms with Crippen molar-refractivity contribution in [3.8, 4) is 17.6 Å². The predicted molar refractivity (Wildman–Crippen MR) is 145 cm³/mol. The van der Waals surface area contributed by atoms with Gasteiger partial charge in [0.05, 0.1) is 11.6 Å². The molecule has 3 aliphatic carbocycles. The number of hydrogen-bond acceptors (Lipinski definition) is 9. The number of hydrogen-bond donors (Lipinski definition) is 5. The second-order valence-corrected chi connectivity index (χ2v) is 11.4. The summed E-state index contributed by atoms with van der Waals surface area (Å²) < 4.78 is 0. The Hall–Kier alpha value is -3.65. The minimum absolute atomic E-state index is 0.0244. The molecule has 40 heavy (non-hydrogen) atoms. The molecule has 1 aliphatic heterocycles. The number of aliphatic hydroxyl groups excluding tert-OH is 2. The van der Waals surface area contributed by atoms with Crippen LogP contribution in [0.4, 0.5) is 0 Å². The lowest BCUT2D eigenvalue weighted by Crippen LogP contribution is -2.63. The second kappa shape index (κ2) is 10.4. The topological polar surface area (TPSA) is 165 Å². The fourth-order valence-corrected chi connectivity index (χ4v) is 6.92. The highest BCUT2D eigenvalue weighted by atomic mass is 16.3. The van der Waals surface area contributed by atoms with Gasteiger partial charge in [0.1, 0.15) is 22.8 Å². The first-order valence-corrected chi connectivity index (χ1v) is 13.7. The van der Waals surface area contributed by atoms with E-state index in [9.17, 15) is 34.8 Å². The first-order chi connectivity index (χ1) is 19.0. The van der Waals surface area contributed by atoms with Gasteiger partial charge in [0, 0.05) is 30.0 Å². The number of primary amides is 1. The maximum absolute atomic E-state index is 13.8. The molecular weight excluding hydrogens is 514 g/mol. The smallest absolute Gasteiger partial charge is 0.255 e. The van der Waals surface area contributed by atoms with Gasteiger partial charge in [-0.05, 0) is 76.5 Å². The van der Waals surface area contributed by atoms with Crippen LogP contribution in [0, 0.1) is 23.7 Å². The van der Waals surface area contributed by atoms with Crippen LogP contribution in [0.25, 0.3) is 0 Å². The van der Waals surface area contributed by atoms with Crippen LogP contribution in [0.2, 0.25) is 0 Å². The third kappa shape index (κ3) is 4.29. The molecule has 4 atom stereocenters. The molecule has 1 fully saturated rings. The molecule has 4 aliphatic rings. The standard InChI is InChI=1S/C30H35N3O7/c1-32(2)24-19-15-17-14-18-16(8-4-7-13-33-11-5-3-6-12-33)9-10-20(34)22(18)25(35)21(17)27(37)30(19,40)28(38)23(26(24)36)29(31)39/h9-10,17,19,24,34,36-37,40H,3,5-7,11-15H2,1-2H3,(H2,31,39)/t17-,19-,24-,30-/m0/s1. The van der Waals surface area contributed by atoms with E-state index in [2.05, 4.69) is 16.7 Å². The summed E-state index contributed by atoms with van der Waals surface area (Å²) in [5, 5.41) is 44.6. The van der Waals surface area contributed by atoms with E-state index in [1.807, 2.05) is 0 Å². The number of benzene rings is 1. The summed E-state index contributed by atoms with van der Waals surface area (Å²) in [7, 11) is 3.20. The van der Waals surface area contributed by atoms with Crippen molar-refractivity contribution in [3.05, 3.63) is 51.5 Å². The van der Waals surface area contributed by atoms with Crippen LogP contribution in [0.5, 0.6) is 5.75 Å². The molecule has 212 valence electrons. The molecule has 1 heterocycles. The van der Waals surface area contributed by atoms with E-state index in [4.69, 9.17) is 5.73 Å². The number of piperidine rings is 1. The van der Waals surface area contributed by atoms with Crippen molar-refractivity contribution in [1.29, 1.82) is 0 Å². The van der Waals surface area contributed by atoms with Crippen LogP contribution in [0.1, 0.15) is 53.6 Å². The lowest BCUT2D eigenvalue weighted by atomic mass is 9.58. The minimum atomic E-state index is -2.65. The first-order valence-electron chi connectivity index (χ1n) is 13.7. The van der Waals surface area contributed by atoms with Crippen molar-refractivity contribution in [1.82, 2.24) is 9.80 Å². The fraction of sp³-hybridized carbons (Fsp3) is 0.500. The number of ketones is 2. The Bertz CT molecular complexity index is 1410. The van der Waals surface area contributed by atoms with Crippen molar-refractivity contribution in [2.24, 2.45) is 17.6 Å². The highest BCUT2D eigenvalue weighted by Gasteiger charge is 2.63. The van der Waals surface area contributed by atoms with Gasteiger partial charge in [0.2, 0.25) is 5.78 Å². The molecule has 0 saturated carbocycles. The van der Waals surface area contributed by atoms with E-state index in [0.717, 1.165) is 19.6 Å². The van der Waals surface area contributed by atoms with Crippen molar-refractivity contribution in [2.75, 3.05) is 33.7 Å². The fourth-order valence-electron chi connectivity index (χ4n) is 6.92. The number of rotatable bonds is 4. The molecule has 0 spiro atoms. The summed E-state index contributed by atoms with van der Waals surface area (Å²) in [5.74, 6) is -0.283. The Morgan fingerprint density at radius 2 is 1.85 bits per heavy atom. The largest absolute Gasteiger partial charge is 0.510 e. The Morgan fingerprint density at radius 1 is 1.15 bits per heavy atom. The lowest BCUT2D eigenvalue weighted by molar-refractivity contribution is -0.148. The minimum Gasteiger partial charge on any atom is -0.510 e. The van der Waals surface area contributed by atoms with Crippen LogP contribution in [0.3, 0.4) is 0 Å². The molecular formula is C30H35N3O7. The van der Waals surface area contributed by atoms with E-state index in [-0.39, 0.29) is 29.7 Å². The molecule has 0 bridgehead atoms. The molecule has 0 radical (unpaired) electrons. The summed E-state index contributed by atoms with van der Waals surface area (Å²) in [6, 6.07) is 2.02. The average molecular weight is 550 g/mol. The lowest BCUT2D eigenvalue weighted by Gasteiger charge is -2.50. The number of Topliss-reactive ketones (excluding diaryl/α,β-unsaturated/α-hetero) is 2. The molecule has 6 N–H and O–H groups in total. The molecule has 0 aromatic heterocycles. The van der Waals surface area contributed by atoms with Gasteiger partial charge in [0.25, 0.3) is 5.91 Å². The van der Waals surface area contributed by atoms with Gasteiger partial charge in [0.15, 0.2) is 11.4 Å². The molecule has 1 aromatic carbocycles. The molecule has 1 aromatic rings. The van der Waals surface area contributed by atoms with Gasteiger partial charge in [-0.2, -0.15) is 0 Å². The normalized spacial score (nSPS) is 28.6. The summed E-state index contributed by atoms with van der Waals surface area (Å²) in [5.41, 5.74) is 2.84. The number of phenols is 1. The first kappa shape index (κ1) is 27.9. The molecule has 5 rings (SSSR count). The number of likely N-dealkylation sites (N-methyl/N-ethyl adjacent to an activating group) is 1. The van der Waals surface area contributed by atoms with Crippen molar-refractivity contribution in [2.45, 2.75) is 50.2 Å². The number of nitrogens with two attached hydrogens (primary N) is 1. The van der Waals surface area contributed by atoms with E-state index in [0.29, 0.717) is 17.5 Å². The number of aromatic hydroxyl groups is 1. The van der Waals surface area contributed by atoms with Crippen LogP contribution in [-0.4, -0.2) is 93.1 Å². The van der Waals surface area contributed by atoms with Crippen molar-refractivity contribution >= 4 is 17.5 Å². The van der Waals surface area contributed by atoms with Crippen molar-refractivity contribution in [3.63, 3.8) is 0 Å². The third-order valence-corrected chi connectivity index (χ3v) is 8.83. The molecule has 0 unspecified atom stereocenters. The van der Waals surface area contributed by atoms with Crippen LogP contribution in [0.15, 0.2) is 34.8 Å². The highest BCUT2D eigenvalue weighted by molar-refractivity contribution is 6.24. The van der Waals surface area contributed by atoms with Crippen LogP contribution < -0.4 is 5.73 Å². The number of aliphatic hydroxyl groups is 3. The number of allylic oxidation sites excluding steroid dienone is 1. The number of nitrogens with zero attached hydrogens (tertiary/aromatic N) is 2. The maximum atomic E-state index is 13.8. The van der Waals surface area contributed by atoms with Gasteiger partial charge in [-0.25, -0.2) is 0 Å². The van der Waals surface area contributed by atoms with E-state index < -0.39 is 58.0 Å². The van der Waals surface area contributed by atoms with E-state index >= 15 is 0 Å². The SMILES string of the molecule is CN(C)[C@@H]1C(O)=C(C(N)=O)C(=O)[C@@]2(O)C(O)=C3C(=O)c4c(O)ccc(C#CCCN5CCCCC5)c4C[C@H]3C[C@@H]12. The van der Waals surface area contributed by atoms with Gasteiger partial charge in [-0.3, -0.25) is 19.3 Å². The van der Waals surface area contributed by atoms with Gasteiger partial charge >= 0.3 is 0 Å². The zero-order valence-corrected chi connectivity index (χ0v) is 22.7. The predicted octanol–water partition coefficient (Wildman–Crippen LogP) is 1.35. The van der Waals surface area contributed by atoms with Crippen LogP contribution >= 0.6 is 0 Å². The quantitative estimate of drug-likeness (QED) is 0.275. The maximum Gasteiger partial charge on any atom is 0.255 e. The Morgan fingerprint density at radius 3 is 2.50 bits per heavy atom. The highest BCUT2D eigenvalue weighted by Crippen LogP contribution is 2.52.